The van der Waals surface area contributed by atoms with Crippen molar-refractivity contribution in [2.75, 3.05) is 51.1 Å². The molecule has 2 heterocycles. The molecule has 0 radical (unpaired) electrons. The number of carbonyl (C=O) groups excluding carboxylic acids is 3. The Bertz CT molecular complexity index is 709. The van der Waals surface area contributed by atoms with Gasteiger partial charge in [-0.05, 0) is 37.1 Å². The molecule has 2 saturated heterocycles. The number of carbonyl (C=O) groups is 3. The summed E-state index contributed by atoms with van der Waals surface area (Å²) in [4.78, 5) is 41.1. The molecule has 1 aromatic rings. The summed E-state index contributed by atoms with van der Waals surface area (Å²) < 4.78 is 12.9. The van der Waals surface area contributed by atoms with Crippen molar-refractivity contribution in [3.8, 4) is 0 Å². The lowest BCUT2D eigenvalue weighted by Crippen LogP contribution is -3.15. The van der Waals surface area contributed by atoms with Crippen LogP contribution in [0.4, 0.5) is 10.1 Å². The van der Waals surface area contributed by atoms with Crippen LogP contribution >= 0.6 is 0 Å². The number of halogens is 1. The number of likely N-dealkylation sites (tertiary alicyclic amines) is 1. The Labute approximate surface area is 164 Å². The van der Waals surface area contributed by atoms with Crippen molar-refractivity contribution in [1.82, 2.24) is 9.80 Å². The quantitative estimate of drug-likeness (QED) is 0.744. The molecule has 3 amide bonds. The zero-order chi connectivity index (χ0) is 20.1. The molecule has 7 nitrogen and oxygen atoms in total. The van der Waals surface area contributed by atoms with Gasteiger partial charge in [0.15, 0.2) is 6.54 Å². The number of hydrogen-bond acceptors (Lipinski definition) is 3. The van der Waals surface area contributed by atoms with Gasteiger partial charge in [0.2, 0.25) is 11.8 Å². The van der Waals surface area contributed by atoms with E-state index in [1.807, 2.05) is 4.90 Å². The Balaban J connectivity index is 1.40. The van der Waals surface area contributed by atoms with Crippen molar-refractivity contribution in [2.45, 2.75) is 19.8 Å². The first-order valence-electron chi connectivity index (χ1n) is 9.85. The normalized spacial score (nSPS) is 18.8. The third-order valence-corrected chi connectivity index (χ3v) is 5.61. The number of nitrogens with one attached hydrogen (secondary N) is 2. The number of quaternary nitrogens is 1. The monoisotopic (exact) mass is 391 g/mol. The van der Waals surface area contributed by atoms with Crippen molar-refractivity contribution in [2.24, 2.45) is 5.92 Å². The zero-order valence-corrected chi connectivity index (χ0v) is 16.2. The molecule has 1 aromatic carbocycles. The van der Waals surface area contributed by atoms with E-state index in [4.69, 9.17) is 0 Å². The SMILES string of the molecule is CC(=O)N1CCC(C(=O)N2CC[NH+](CC(=O)Nc3ccc(F)cc3)CC2)CC1. The molecule has 2 N–H and O–H groups in total. The number of amides is 3. The van der Waals surface area contributed by atoms with Crippen LogP contribution in [-0.2, 0) is 14.4 Å². The van der Waals surface area contributed by atoms with Gasteiger partial charge in [-0.2, -0.15) is 0 Å². The second-order valence-corrected chi connectivity index (χ2v) is 7.59. The third-order valence-electron chi connectivity index (χ3n) is 5.61. The van der Waals surface area contributed by atoms with Crippen LogP contribution in [0.3, 0.4) is 0 Å². The van der Waals surface area contributed by atoms with E-state index < -0.39 is 0 Å². The van der Waals surface area contributed by atoms with Crippen LogP contribution in [0.25, 0.3) is 0 Å². The van der Waals surface area contributed by atoms with Crippen molar-refractivity contribution < 1.29 is 23.7 Å². The van der Waals surface area contributed by atoms with E-state index in [1.54, 1.807) is 11.8 Å². The van der Waals surface area contributed by atoms with Gasteiger partial charge >= 0.3 is 0 Å². The fraction of sp³-hybridized carbons (Fsp3) is 0.550. The number of hydrogen-bond donors (Lipinski definition) is 2. The standard InChI is InChI=1S/C20H27FN4O3/c1-15(26)24-8-6-16(7-9-24)20(28)25-12-10-23(11-13-25)14-19(27)22-18-4-2-17(21)3-5-18/h2-5,16H,6-14H2,1H3,(H,22,27)/p+1. The zero-order valence-electron chi connectivity index (χ0n) is 16.2. The van der Waals surface area contributed by atoms with Gasteiger partial charge in [0.25, 0.3) is 5.91 Å². The lowest BCUT2D eigenvalue weighted by atomic mass is 9.95. The molecule has 0 atom stereocenters. The van der Waals surface area contributed by atoms with Crippen LogP contribution in [0.5, 0.6) is 0 Å². The maximum Gasteiger partial charge on any atom is 0.279 e. The first-order chi connectivity index (χ1) is 13.4. The summed E-state index contributed by atoms with van der Waals surface area (Å²) in [5.74, 6) is -0.201. The van der Waals surface area contributed by atoms with Gasteiger partial charge < -0.3 is 20.0 Å². The minimum atomic E-state index is -0.337. The first kappa shape index (κ1) is 20.3. The fourth-order valence-corrected chi connectivity index (χ4v) is 3.89. The van der Waals surface area contributed by atoms with Gasteiger partial charge in [-0.25, -0.2) is 4.39 Å². The number of rotatable bonds is 4. The molecule has 0 spiro atoms. The summed E-state index contributed by atoms with van der Waals surface area (Å²) in [5, 5.41) is 2.78. The van der Waals surface area contributed by atoms with E-state index in [9.17, 15) is 18.8 Å². The smallest absolute Gasteiger partial charge is 0.279 e. The number of piperidine rings is 1. The molecule has 28 heavy (non-hydrogen) atoms. The van der Waals surface area contributed by atoms with Crippen LogP contribution in [0.2, 0.25) is 0 Å². The largest absolute Gasteiger partial charge is 0.343 e. The third kappa shape index (κ3) is 5.28. The highest BCUT2D eigenvalue weighted by Gasteiger charge is 2.32. The number of benzene rings is 1. The highest BCUT2D eigenvalue weighted by molar-refractivity contribution is 5.91. The van der Waals surface area contributed by atoms with Crippen molar-refractivity contribution in [1.29, 1.82) is 0 Å². The predicted octanol–water partition coefficient (Wildman–Crippen LogP) is -0.250. The van der Waals surface area contributed by atoms with Gasteiger partial charge in [-0.15, -0.1) is 0 Å². The summed E-state index contributed by atoms with van der Waals surface area (Å²) in [6, 6.07) is 5.70. The van der Waals surface area contributed by atoms with Gasteiger partial charge in [0, 0.05) is 31.6 Å². The van der Waals surface area contributed by atoms with E-state index in [0.717, 1.165) is 30.8 Å². The van der Waals surface area contributed by atoms with Crippen LogP contribution in [0.15, 0.2) is 24.3 Å². The average molecular weight is 391 g/mol. The molecular formula is C20H28FN4O3+. The predicted molar refractivity (Wildman–Crippen MR) is 102 cm³/mol. The Morgan fingerprint density at radius 2 is 1.64 bits per heavy atom. The van der Waals surface area contributed by atoms with Crippen LogP contribution in [0.1, 0.15) is 19.8 Å². The summed E-state index contributed by atoms with van der Waals surface area (Å²) in [6.45, 7) is 5.95. The van der Waals surface area contributed by atoms with E-state index in [-0.39, 0.29) is 29.5 Å². The van der Waals surface area contributed by atoms with E-state index in [1.165, 1.54) is 24.3 Å². The maximum atomic E-state index is 12.9. The van der Waals surface area contributed by atoms with E-state index >= 15 is 0 Å². The Hall–Kier alpha value is -2.48. The molecule has 0 aliphatic carbocycles. The second-order valence-electron chi connectivity index (χ2n) is 7.59. The average Bonchev–Trinajstić information content (AvgIpc) is 2.70. The lowest BCUT2D eigenvalue weighted by molar-refractivity contribution is -0.895. The van der Waals surface area contributed by atoms with E-state index in [2.05, 4.69) is 5.32 Å². The van der Waals surface area contributed by atoms with Crippen molar-refractivity contribution in [3.63, 3.8) is 0 Å². The minimum Gasteiger partial charge on any atom is -0.343 e. The highest BCUT2D eigenvalue weighted by atomic mass is 19.1. The molecule has 0 bridgehead atoms. The molecular weight excluding hydrogens is 363 g/mol. The molecule has 2 fully saturated rings. The summed E-state index contributed by atoms with van der Waals surface area (Å²) in [5.41, 5.74) is 0.580. The van der Waals surface area contributed by atoms with Crippen LogP contribution in [-0.4, -0.2) is 73.3 Å². The Morgan fingerprint density at radius 3 is 2.21 bits per heavy atom. The summed E-state index contributed by atoms with van der Waals surface area (Å²) >= 11 is 0. The van der Waals surface area contributed by atoms with Crippen molar-refractivity contribution >= 4 is 23.4 Å². The minimum absolute atomic E-state index is 0.000996. The van der Waals surface area contributed by atoms with Gasteiger partial charge in [-0.3, -0.25) is 14.4 Å². The molecule has 3 rings (SSSR count). The first-order valence-corrected chi connectivity index (χ1v) is 9.85. The highest BCUT2D eigenvalue weighted by Crippen LogP contribution is 2.19. The molecule has 0 saturated carbocycles. The van der Waals surface area contributed by atoms with Gasteiger partial charge in [0.05, 0.1) is 26.2 Å². The summed E-state index contributed by atoms with van der Waals surface area (Å²) in [7, 11) is 0. The molecule has 2 aliphatic heterocycles. The second kappa shape index (κ2) is 9.14. The number of nitrogens with zero attached hydrogens (tertiary/aromatic N) is 2. The number of anilines is 1. The Kier molecular flexibility index (Phi) is 6.61. The molecule has 152 valence electrons. The van der Waals surface area contributed by atoms with Crippen LogP contribution in [0, 0.1) is 11.7 Å². The number of piperazine rings is 1. The van der Waals surface area contributed by atoms with Crippen LogP contribution < -0.4 is 10.2 Å². The molecule has 0 unspecified atom stereocenters. The summed E-state index contributed by atoms with van der Waals surface area (Å²) in [6.07, 6.45) is 1.46. The Morgan fingerprint density at radius 1 is 1.04 bits per heavy atom. The molecule has 8 heteroatoms. The topological polar surface area (TPSA) is 74.2 Å². The maximum absolute atomic E-state index is 12.9. The fourth-order valence-electron chi connectivity index (χ4n) is 3.89. The molecule has 0 aromatic heterocycles. The van der Waals surface area contributed by atoms with Crippen molar-refractivity contribution in [3.05, 3.63) is 30.1 Å². The lowest BCUT2D eigenvalue weighted by Gasteiger charge is -2.36. The molecule has 2 aliphatic rings. The van der Waals surface area contributed by atoms with E-state index in [0.29, 0.717) is 38.4 Å². The van der Waals surface area contributed by atoms with Gasteiger partial charge in [0.1, 0.15) is 5.82 Å². The van der Waals surface area contributed by atoms with Gasteiger partial charge in [-0.1, -0.05) is 0 Å².